The van der Waals surface area contributed by atoms with Crippen LogP contribution < -0.4 is 19.7 Å². The number of carbonyl (C=O) groups excluding carboxylic acids is 1. The van der Waals surface area contributed by atoms with Crippen LogP contribution >= 0.6 is 0 Å². The van der Waals surface area contributed by atoms with Crippen LogP contribution in [0.3, 0.4) is 0 Å². The van der Waals surface area contributed by atoms with Gasteiger partial charge < -0.3 is 14.2 Å². The molecule has 3 N–H and O–H groups in total. The van der Waals surface area contributed by atoms with Gasteiger partial charge in [0.1, 0.15) is 11.5 Å². The Balaban J connectivity index is 1.56. The van der Waals surface area contributed by atoms with Gasteiger partial charge in [0.05, 0.1) is 24.4 Å². The van der Waals surface area contributed by atoms with Gasteiger partial charge in [0.25, 0.3) is 5.91 Å². The van der Waals surface area contributed by atoms with Gasteiger partial charge in [-0.3, -0.25) is 14.7 Å². The molecule has 0 spiro atoms. The summed E-state index contributed by atoms with van der Waals surface area (Å²) in [4.78, 5) is 12.2. The van der Waals surface area contributed by atoms with Crippen molar-refractivity contribution in [1.29, 1.82) is 0 Å². The van der Waals surface area contributed by atoms with Gasteiger partial charge in [-0.25, -0.2) is 22.3 Å². The molecule has 1 aliphatic rings. The Kier molecular flexibility index (Phi) is 8.59. The van der Waals surface area contributed by atoms with Gasteiger partial charge in [0.2, 0.25) is 10.0 Å². The first-order valence-corrected chi connectivity index (χ1v) is 13.9. The van der Waals surface area contributed by atoms with E-state index in [1.165, 1.54) is 36.9 Å². The molecule has 13 heteroatoms. The van der Waals surface area contributed by atoms with E-state index in [0.29, 0.717) is 17.2 Å². The second-order valence-electron chi connectivity index (χ2n) is 7.87. The standard InChI is InChI=1S/C22H28N2O9S2/c1-31-18-5-3-17(4-6-18)24-34(27,28)16-2-13-33-19-7-9-20(10-8-19)35(29,30)22(21(25)23-26)11-14-32-15-12-22/h3-10,24,26H,2,11-16H2,1H3,(H,23,25). The zero-order chi connectivity index (χ0) is 25.5. The summed E-state index contributed by atoms with van der Waals surface area (Å²) in [7, 11) is -6.20. The van der Waals surface area contributed by atoms with Gasteiger partial charge in [-0.05, 0) is 67.8 Å². The number of rotatable bonds is 11. The van der Waals surface area contributed by atoms with E-state index in [-0.39, 0.29) is 49.7 Å². The quantitative estimate of drug-likeness (QED) is 0.224. The van der Waals surface area contributed by atoms with Crippen LogP contribution in [-0.4, -0.2) is 65.4 Å². The molecule has 1 saturated heterocycles. The minimum Gasteiger partial charge on any atom is -0.497 e. The van der Waals surface area contributed by atoms with E-state index in [1.807, 2.05) is 0 Å². The number of benzene rings is 2. The molecule has 0 aliphatic carbocycles. The van der Waals surface area contributed by atoms with Crippen LogP contribution in [-0.2, 0) is 29.4 Å². The maximum absolute atomic E-state index is 13.2. The van der Waals surface area contributed by atoms with Crippen molar-refractivity contribution in [2.45, 2.75) is 28.9 Å². The Bertz CT molecular complexity index is 1210. The maximum Gasteiger partial charge on any atom is 0.265 e. The SMILES string of the molecule is COc1ccc(NS(=O)(=O)CCCOc2ccc(S(=O)(=O)C3(C(=O)NO)CCOCC3)cc2)cc1. The number of sulfonamides is 1. The summed E-state index contributed by atoms with van der Waals surface area (Å²) in [6.45, 7) is 0.234. The van der Waals surface area contributed by atoms with Crippen molar-refractivity contribution in [3.63, 3.8) is 0 Å². The topological polar surface area (TPSA) is 157 Å². The Morgan fingerprint density at radius 2 is 1.60 bits per heavy atom. The smallest absolute Gasteiger partial charge is 0.265 e. The van der Waals surface area contributed by atoms with E-state index in [9.17, 15) is 21.6 Å². The normalized spacial score (nSPS) is 15.7. The van der Waals surface area contributed by atoms with Crippen LogP contribution in [0.2, 0.25) is 0 Å². The number of hydrogen-bond acceptors (Lipinski definition) is 9. The highest BCUT2D eigenvalue weighted by Gasteiger charge is 2.52. The first-order valence-electron chi connectivity index (χ1n) is 10.8. The van der Waals surface area contributed by atoms with E-state index >= 15 is 0 Å². The minimum absolute atomic E-state index is 0.0735. The summed E-state index contributed by atoms with van der Waals surface area (Å²) in [5.74, 6) is -0.214. The number of sulfone groups is 1. The molecule has 3 rings (SSSR count). The summed E-state index contributed by atoms with van der Waals surface area (Å²) < 4.78 is 67.4. The number of hydrogen-bond donors (Lipinski definition) is 3. The van der Waals surface area contributed by atoms with Crippen molar-refractivity contribution in [3.05, 3.63) is 48.5 Å². The molecular weight excluding hydrogens is 500 g/mol. The fourth-order valence-corrected chi connectivity index (χ4v) is 6.72. The third-order valence-electron chi connectivity index (χ3n) is 5.65. The maximum atomic E-state index is 13.2. The first kappa shape index (κ1) is 26.7. The number of anilines is 1. The van der Waals surface area contributed by atoms with Crippen molar-refractivity contribution in [3.8, 4) is 11.5 Å². The van der Waals surface area contributed by atoms with Gasteiger partial charge in [-0.15, -0.1) is 0 Å². The molecule has 11 nitrogen and oxygen atoms in total. The van der Waals surface area contributed by atoms with E-state index in [1.54, 1.807) is 24.3 Å². The number of nitrogens with one attached hydrogen (secondary N) is 2. The lowest BCUT2D eigenvalue weighted by atomic mass is 9.98. The summed E-state index contributed by atoms with van der Waals surface area (Å²) in [6, 6.07) is 12.0. The second-order valence-corrected chi connectivity index (χ2v) is 12.0. The summed E-state index contributed by atoms with van der Waals surface area (Å²) >= 11 is 0. The number of carbonyl (C=O) groups is 1. The highest BCUT2D eigenvalue weighted by Crippen LogP contribution is 2.35. The van der Waals surface area contributed by atoms with Gasteiger partial charge in [0.15, 0.2) is 14.6 Å². The van der Waals surface area contributed by atoms with Gasteiger partial charge in [-0.2, -0.15) is 0 Å². The molecule has 0 unspecified atom stereocenters. The van der Waals surface area contributed by atoms with Crippen molar-refractivity contribution >= 4 is 31.5 Å². The fraction of sp³-hybridized carbons (Fsp3) is 0.409. The Labute approximate surface area is 204 Å². The predicted octanol–water partition coefficient (Wildman–Crippen LogP) is 1.73. The van der Waals surface area contributed by atoms with Crippen LogP contribution in [0.25, 0.3) is 0 Å². The highest BCUT2D eigenvalue weighted by molar-refractivity contribution is 7.93. The zero-order valence-corrected chi connectivity index (χ0v) is 20.7. The number of amides is 1. The van der Waals surface area contributed by atoms with Crippen LogP contribution in [0.15, 0.2) is 53.4 Å². The largest absolute Gasteiger partial charge is 0.497 e. The average Bonchev–Trinajstić information content (AvgIpc) is 2.87. The molecule has 35 heavy (non-hydrogen) atoms. The molecule has 192 valence electrons. The molecule has 0 atom stereocenters. The summed E-state index contributed by atoms with van der Waals surface area (Å²) in [6.07, 6.45) is 0.0311. The van der Waals surface area contributed by atoms with Crippen molar-refractivity contribution in [2.75, 3.05) is 37.4 Å². The average molecular weight is 529 g/mol. The summed E-state index contributed by atoms with van der Waals surface area (Å²) in [5, 5.41) is 9.11. The number of methoxy groups -OCH3 is 1. The lowest BCUT2D eigenvalue weighted by Gasteiger charge is -2.34. The van der Waals surface area contributed by atoms with Gasteiger partial charge in [0, 0.05) is 18.9 Å². The minimum atomic E-state index is -4.13. The lowest BCUT2D eigenvalue weighted by Crippen LogP contribution is -2.54. The van der Waals surface area contributed by atoms with E-state index in [2.05, 4.69) is 4.72 Å². The van der Waals surface area contributed by atoms with Crippen molar-refractivity contribution in [1.82, 2.24) is 5.48 Å². The zero-order valence-electron chi connectivity index (χ0n) is 19.1. The van der Waals surface area contributed by atoms with E-state index in [4.69, 9.17) is 19.4 Å². The fourth-order valence-electron chi connectivity index (χ4n) is 3.69. The van der Waals surface area contributed by atoms with E-state index in [0.717, 1.165) is 0 Å². The van der Waals surface area contributed by atoms with Crippen molar-refractivity contribution in [2.24, 2.45) is 0 Å². The highest BCUT2D eigenvalue weighted by atomic mass is 32.2. The molecule has 0 radical (unpaired) electrons. The first-order chi connectivity index (χ1) is 16.6. The second kappa shape index (κ2) is 11.2. The van der Waals surface area contributed by atoms with Crippen molar-refractivity contribution < 1.29 is 41.0 Å². The Morgan fingerprint density at radius 3 is 2.17 bits per heavy atom. The molecule has 0 bridgehead atoms. The Morgan fingerprint density at radius 1 is 1.00 bits per heavy atom. The van der Waals surface area contributed by atoms with Gasteiger partial charge >= 0.3 is 0 Å². The molecule has 1 fully saturated rings. The van der Waals surface area contributed by atoms with Crippen LogP contribution in [0.5, 0.6) is 11.5 Å². The van der Waals surface area contributed by atoms with E-state index < -0.39 is 30.5 Å². The number of ether oxygens (including phenoxy) is 3. The molecule has 1 aliphatic heterocycles. The molecule has 0 aromatic heterocycles. The molecule has 2 aromatic carbocycles. The molecule has 1 heterocycles. The molecule has 1 amide bonds. The van der Waals surface area contributed by atoms with Gasteiger partial charge in [-0.1, -0.05) is 0 Å². The monoisotopic (exact) mass is 528 g/mol. The number of hydroxylamine groups is 1. The van der Waals surface area contributed by atoms with Crippen LogP contribution in [0, 0.1) is 0 Å². The third-order valence-corrected chi connectivity index (χ3v) is 9.54. The molecule has 0 saturated carbocycles. The van der Waals surface area contributed by atoms with Crippen LogP contribution in [0.1, 0.15) is 19.3 Å². The lowest BCUT2D eigenvalue weighted by molar-refractivity contribution is -0.134. The molecule has 2 aromatic rings. The predicted molar refractivity (Wildman–Crippen MR) is 127 cm³/mol. The third kappa shape index (κ3) is 6.23. The molecular formula is C22H28N2O9S2. The summed E-state index contributed by atoms with van der Waals surface area (Å²) in [5.41, 5.74) is 1.89. The van der Waals surface area contributed by atoms with Crippen LogP contribution in [0.4, 0.5) is 5.69 Å². The Hall–Kier alpha value is -2.87.